The van der Waals surface area contributed by atoms with Crippen molar-refractivity contribution in [2.24, 2.45) is 5.73 Å². The molecule has 0 saturated carbocycles. The van der Waals surface area contributed by atoms with Crippen LogP contribution in [0.1, 0.15) is 17.7 Å². The van der Waals surface area contributed by atoms with Gasteiger partial charge >= 0.3 is 0 Å². The summed E-state index contributed by atoms with van der Waals surface area (Å²) in [6.45, 7) is 4.62. The summed E-state index contributed by atoms with van der Waals surface area (Å²) in [4.78, 5) is 4.70. The molecule has 0 saturated heterocycles. The Balaban J connectivity index is 2.14. The summed E-state index contributed by atoms with van der Waals surface area (Å²) in [5, 5.41) is 3.34. The molecule has 18 heavy (non-hydrogen) atoms. The van der Waals surface area contributed by atoms with Gasteiger partial charge < -0.3 is 15.6 Å². The van der Waals surface area contributed by atoms with Crippen LogP contribution < -0.4 is 11.1 Å². The van der Waals surface area contributed by atoms with Crippen molar-refractivity contribution in [3.63, 3.8) is 0 Å². The molecule has 4 nitrogen and oxygen atoms in total. The first kappa shape index (κ1) is 11.3. The molecule has 0 fully saturated rings. The van der Waals surface area contributed by atoms with Gasteiger partial charge in [0.25, 0.3) is 0 Å². The number of nitrogens with zero attached hydrogens (tertiary/aromatic N) is 2. The molecular weight excluding hydrogens is 224 g/mol. The fourth-order valence-corrected chi connectivity index (χ4v) is 2.53. The van der Waals surface area contributed by atoms with Crippen molar-refractivity contribution < 1.29 is 0 Å². The van der Waals surface area contributed by atoms with Crippen LogP contribution in [0.25, 0.3) is 11.3 Å². The second kappa shape index (κ2) is 4.46. The van der Waals surface area contributed by atoms with Gasteiger partial charge in [0.1, 0.15) is 0 Å². The van der Waals surface area contributed by atoms with E-state index < -0.39 is 0 Å². The second-order valence-electron chi connectivity index (χ2n) is 4.74. The largest absolute Gasteiger partial charge is 0.356 e. The summed E-state index contributed by atoms with van der Waals surface area (Å²) >= 11 is 0. The van der Waals surface area contributed by atoms with Crippen LogP contribution in [0.3, 0.4) is 0 Å². The maximum absolute atomic E-state index is 5.91. The lowest BCUT2D eigenvalue weighted by Crippen LogP contribution is -2.19. The number of hydrogen-bond donors (Lipinski definition) is 2. The second-order valence-corrected chi connectivity index (χ2v) is 4.74. The number of aryl methyl sites for hydroxylation is 1. The monoisotopic (exact) mass is 242 g/mol. The van der Waals surface area contributed by atoms with Gasteiger partial charge in [0, 0.05) is 25.2 Å². The van der Waals surface area contributed by atoms with E-state index >= 15 is 0 Å². The van der Waals surface area contributed by atoms with Crippen LogP contribution in [0.4, 0.5) is 5.95 Å². The molecule has 1 aliphatic rings. The van der Waals surface area contributed by atoms with E-state index in [1.807, 2.05) is 0 Å². The first-order valence-corrected chi connectivity index (χ1v) is 6.40. The lowest BCUT2D eigenvalue weighted by Gasteiger charge is -2.17. The van der Waals surface area contributed by atoms with Gasteiger partial charge in [-0.05, 0) is 19.4 Å². The highest BCUT2D eigenvalue weighted by molar-refractivity contribution is 5.65. The minimum Gasteiger partial charge on any atom is -0.356 e. The summed E-state index contributed by atoms with van der Waals surface area (Å²) in [6, 6.07) is 8.42. The number of aromatic nitrogens is 2. The number of rotatable bonds is 2. The van der Waals surface area contributed by atoms with E-state index in [1.165, 1.54) is 5.56 Å². The maximum atomic E-state index is 5.91. The lowest BCUT2D eigenvalue weighted by atomic mass is 10.1. The molecule has 0 spiro atoms. The normalized spacial score (nSPS) is 14.1. The van der Waals surface area contributed by atoms with Crippen molar-refractivity contribution in [3.05, 3.63) is 35.5 Å². The van der Waals surface area contributed by atoms with Crippen LogP contribution in [0, 0.1) is 6.92 Å². The van der Waals surface area contributed by atoms with E-state index in [0.29, 0.717) is 6.54 Å². The van der Waals surface area contributed by atoms with Crippen LogP contribution in [0.15, 0.2) is 24.3 Å². The van der Waals surface area contributed by atoms with Crippen molar-refractivity contribution in [1.82, 2.24) is 9.55 Å². The third-order valence-electron chi connectivity index (χ3n) is 3.40. The molecular formula is C14H18N4. The minimum atomic E-state index is 0.526. The molecule has 4 heteroatoms. The maximum Gasteiger partial charge on any atom is 0.203 e. The number of fused-ring (bicyclic) bond motifs is 1. The number of imidazole rings is 1. The molecule has 0 atom stereocenters. The average molecular weight is 242 g/mol. The summed E-state index contributed by atoms with van der Waals surface area (Å²) in [5.74, 6) is 0.957. The highest BCUT2D eigenvalue weighted by Gasteiger charge is 2.19. The molecule has 3 N–H and O–H groups in total. The summed E-state index contributed by atoms with van der Waals surface area (Å²) in [6.07, 6.45) is 1.13. The Kier molecular flexibility index (Phi) is 2.80. The molecule has 0 bridgehead atoms. The Hall–Kier alpha value is -1.81. The van der Waals surface area contributed by atoms with Crippen LogP contribution in [0.2, 0.25) is 0 Å². The standard InChI is InChI=1S/C14H18N4/c1-10-4-2-5-11(8-10)13-12(9-15)18-7-3-6-16-14(18)17-13/h2,4-5,8H,3,6-7,9,15H2,1H3,(H,16,17). The molecule has 0 amide bonds. The van der Waals surface area contributed by atoms with E-state index in [2.05, 4.69) is 41.1 Å². The number of anilines is 1. The molecule has 1 aromatic heterocycles. The third kappa shape index (κ3) is 1.78. The highest BCUT2D eigenvalue weighted by atomic mass is 15.2. The average Bonchev–Trinajstić information content (AvgIpc) is 2.77. The Morgan fingerprint density at radius 3 is 3.11 bits per heavy atom. The van der Waals surface area contributed by atoms with Gasteiger partial charge in [-0.25, -0.2) is 4.98 Å². The number of nitrogens with one attached hydrogen (secondary N) is 1. The van der Waals surface area contributed by atoms with Crippen LogP contribution in [-0.4, -0.2) is 16.1 Å². The summed E-state index contributed by atoms with van der Waals surface area (Å²) in [7, 11) is 0. The zero-order valence-corrected chi connectivity index (χ0v) is 10.6. The van der Waals surface area contributed by atoms with Gasteiger partial charge in [0.15, 0.2) is 0 Å². The van der Waals surface area contributed by atoms with Crippen LogP contribution in [-0.2, 0) is 13.1 Å². The number of benzene rings is 1. The highest BCUT2D eigenvalue weighted by Crippen LogP contribution is 2.28. The van der Waals surface area contributed by atoms with Crippen LogP contribution >= 0.6 is 0 Å². The van der Waals surface area contributed by atoms with Gasteiger partial charge in [-0.15, -0.1) is 0 Å². The zero-order chi connectivity index (χ0) is 12.5. The number of hydrogen-bond acceptors (Lipinski definition) is 3. The molecule has 2 aromatic rings. The fraction of sp³-hybridized carbons (Fsp3) is 0.357. The van der Waals surface area contributed by atoms with E-state index in [1.54, 1.807) is 0 Å². The molecule has 94 valence electrons. The van der Waals surface area contributed by atoms with Gasteiger partial charge in [-0.3, -0.25) is 0 Å². The fourth-order valence-electron chi connectivity index (χ4n) is 2.53. The summed E-state index contributed by atoms with van der Waals surface area (Å²) < 4.78 is 2.21. The Bertz CT molecular complexity index is 571. The van der Waals surface area contributed by atoms with Gasteiger partial charge in [-0.2, -0.15) is 0 Å². The first-order chi connectivity index (χ1) is 8.79. The molecule has 2 heterocycles. The minimum absolute atomic E-state index is 0.526. The SMILES string of the molecule is Cc1cccc(-c2nc3n(c2CN)CCCN3)c1. The smallest absolute Gasteiger partial charge is 0.203 e. The van der Waals surface area contributed by atoms with Crippen molar-refractivity contribution >= 4 is 5.95 Å². The predicted molar refractivity (Wildman–Crippen MR) is 73.4 cm³/mol. The molecule has 0 unspecified atom stereocenters. The molecule has 1 aliphatic heterocycles. The third-order valence-corrected chi connectivity index (χ3v) is 3.40. The molecule has 1 aromatic carbocycles. The molecule has 0 radical (unpaired) electrons. The zero-order valence-electron chi connectivity index (χ0n) is 10.6. The van der Waals surface area contributed by atoms with E-state index in [-0.39, 0.29) is 0 Å². The van der Waals surface area contributed by atoms with E-state index in [0.717, 1.165) is 42.4 Å². The lowest BCUT2D eigenvalue weighted by molar-refractivity contribution is 0.604. The van der Waals surface area contributed by atoms with Crippen molar-refractivity contribution in [1.29, 1.82) is 0 Å². The molecule has 0 aliphatic carbocycles. The quantitative estimate of drug-likeness (QED) is 0.848. The van der Waals surface area contributed by atoms with Gasteiger partial charge in [0.2, 0.25) is 5.95 Å². The van der Waals surface area contributed by atoms with E-state index in [4.69, 9.17) is 10.7 Å². The van der Waals surface area contributed by atoms with Crippen LogP contribution in [0.5, 0.6) is 0 Å². The molecule has 3 rings (SSSR count). The van der Waals surface area contributed by atoms with Gasteiger partial charge in [0.05, 0.1) is 11.4 Å². The van der Waals surface area contributed by atoms with E-state index in [9.17, 15) is 0 Å². The van der Waals surface area contributed by atoms with Crippen molar-refractivity contribution in [2.45, 2.75) is 26.4 Å². The topological polar surface area (TPSA) is 55.9 Å². The number of nitrogens with two attached hydrogens (primary N) is 1. The first-order valence-electron chi connectivity index (χ1n) is 6.40. The Morgan fingerprint density at radius 2 is 2.33 bits per heavy atom. The van der Waals surface area contributed by atoms with Crippen molar-refractivity contribution in [3.8, 4) is 11.3 Å². The Labute approximate surface area is 107 Å². The Morgan fingerprint density at radius 1 is 1.44 bits per heavy atom. The predicted octanol–water partition coefficient (Wildman–Crippen LogP) is 2.13. The van der Waals surface area contributed by atoms with Gasteiger partial charge in [-0.1, -0.05) is 23.8 Å². The summed E-state index contributed by atoms with van der Waals surface area (Å²) in [5.41, 5.74) is 10.4. The van der Waals surface area contributed by atoms with Crippen molar-refractivity contribution in [2.75, 3.05) is 11.9 Å².